The first-order chi connectivity index (χ1) is 16.6. The highest BCUT2D eigenvalue weighted by Gasteiger charge is 2.32. The molecule has 1 aliphatic heterocycles. The second-order valence-corrected chi connectivity index (χ2v) is 10.9. The molecular weight excluding hydrogens is 436 g/mol. The van der Waals surface area contributed by atoms with Gasteiger partial charge in [-0.3, -0.25) is 9.59 Å². The van der Waals surface area contributed by atoms with Crippen molar-refractivity contribution in [1.82, 2.24) is 15.2 Å². The molecule has 2 heterocycles. The van der Waals surface area contributed by atoms with Crippen LogP contribution in [-0.4, -0.2) is 55.4 Å². The summed E-state index contributed by atoms with van der Waals surface area (Å²) < 4.78 is 0. The number of piperidine rings is 1. The Morgan fingerprint density at radius 2 is 1.71 bits per heavy atom. The summed E-state index contributed by atoms with van der Waals surface area (Å²) in [7, 11) is 4.07. The van der Waals surface area contributed by atoms with E-state index in [0.29, 0.717) is 32.5 Å². The van der Waals surface area contributed by atoms with Gasteiger partial charge in [0.05, 0.1) is 0 Å². The van der Waals surface area contributed by atoms with Crippen molar-refractivity contribution in [2.24, 2.45) is 11.3 Å². The molecule has 0 spiro atoms. The first-order valence-corrected chi connectivity index (χ1v) is 12.6. The second-order valence-electron chi connectivity index (χ2n) is 10.9. The van der Waals surface area contributed by atoms with Crippen molar-refractivity contribution in [3.63, 3.8) is 0 Å². The predicted octanol–water partition coefficient (Wildman–Crippen LogP) is 4.77. The molecular formula is C29H38N4O2. The zero-order valence-electron chi connectivity index (χ0n) is 21.6. The number of nitrogens with one attached hydrogen (secondary N) is 2. The van der Waals surface area contributed by atoms with Crippen LogP contribution in [0, 0.1) is 11.3 Å². The molecule has 0 saturated carbocycles. The van der Waals surface area contributed by atoms with Gasteiger partial charge in [-0.05, 0) is 42.2 Å². The molecule has 0 aliphatic carbocycles. The summed E-state index contributed by atoms with van der Waals surface area (Å²) in [6, 6.07) is 16.9. The Hall–Kier alpha value is -3.28. The molecule has 0 radical (unpaired) electrons. The minimum absolute atomic E-state index is 0.0360. The highest BCUT2D eigenvalue weighted by molar-refractivity contribution is 5.85. The summed E-state index contributed by atoms with van der Waals surface area (Å²) >= 11 is 0. The van der Waals surface area contributed by atoms with Crippen LogP contribution in [0.2, 0.25) is 0 Å². The number of anilines is 1. The smallest absolute Gasteiger partial charge is 0.227 e. The van der Waals surface area contributed by atoms with Gasteiger partial charge in [0.1, 0.15) is 0 Å². The number of benzene rings is 2. The molecule has 3 aromatic rings. The summed E-state index contributed by atoms with van der Waals surface area (Å²) in [5.41, 5.74) is 4.21. The number of nitrogens with zero attached hydrogens (tertiary/aromatic N) is 2. The third-order valence-electron chi connectivity index (χ3n) is 7.08. The van der Waals surface area contributed by atoms with Crippen molar-refractivity contribution in [2.45, 2.75) is 39.5 Å². The van der Waals surface area contributed by atoms with Gasteiger partial charge in [-0.2, -0.15) is 0 Å². The number of carbonyl (C=O) groups excluding carboxylic acids is 2. The first-order valence-electron chi connectivity index (χ1n) is 12.6. The maximum absolute atomic E-state index is 13.2. The van der Waals surface area contributed by atoms with Crippen LogP contribution in [0.5, 0.6) is 0 Å². The quantitative estimate of drug-likeness (QED) is 0.541. The molecule has 35 heavy (non-hydrogen) atoms. The van der Waals surface area contributed by atoms with Crippen molar-refractivity contribution >= 4 is 28.4 Å². The van der Waals surface area contributed by atoms with Gasteiger partial charge >= 0.3 is 0 Å². The zero-order chi connectivity index (χ0) is 25.2. The fraction of sp³-hybridized carbons (Fsp3) is 0.448. The molecule has 186 valence electrons. The van der Waals surface area contributed by atoms with Crippen LogP contribution >= 0.6 is 0 Å². The monoisotopic (exact) mass is 474 g/mol. The van der Waals surface area contributed by atoms with E-state index >= 15 is 0 Å². The molecule has 1 aliphatic rings. The highest BCUT2D eigenvalue weighted by Crippen LogP contribution is 2.32. The summed E-state index contributed by atoms with van der Waals surface area (Å²) in [4.78, 5) is 33.1. The van der Waals surface area contributed by atoms with Crippen LogP contribution in [0.1, 0.15) is 50.7 Å². The van der Waals surface area contributed by atoms with E-state index in [1.54, 1.807) is 0 Å². The molecule has 2 N–H and O–H groups in total. The van der Waals surface area contributed by atoms with Gasteiger partial charge in [-0.15, -0.1) is 0 Å². The number of fused-ring (bicyclic) bond motifs is 1. The number of likely N-dealkylation sites (tertiary alicyclic amines) is 1. The third kappa shape index (κ3) is 5.53. The molecule has 2 amide bonds. The number of hydrogen-bond acceptors (Lipinski definition) is 3. The van der Waals surface area contributed by atoms with E-state index in [4.69, 9.17) is 0 Å². The summed E-state index contributed by atoms with van der Waals surface area (Å²) in [6.07, 6.45) is 3.49. The van der Waals surface area contributed by atoms with E-state index in [9.17, 15) is 9.59 Å². The first kappa shape index (κ1) is 24.8. The fourth-order valence-electron chi connectivity index (χ4n) is 4.96. The van der Waals surface area contributed by atoms with Crippen LogP contribution in [-0.2, 0) is 9.59 Å². The Morgan fingerprint density at radius 3 is 2.34 bits per heavy atom. The second kappa shape index (κ2) is 10.1. The van der Waals surface area contributed by atoms with E-state index in [-0.39, 0.29) is 29.1 Å². The van der Waals surface area contributed by atoms with Crippen molar-refractivity contribution in [1.29, 1.82) is 0 Å². The zero-order valence-corrected chi connectivity index (χ0v) is 21.6. The third-order valence-corrected chi connectivity index (χ3v) is 7.08. The van der Waals surface area contributed by atoms with Crippen molar-refractivity contribution in [3.8, 4) is 0 Å². The Labute approximate surface area is 208 Å². The lowest BCUT2D eigenvalue weighted by Gasteiger charge is -2.35. The molecule has 0 unspecified atom stereocenters. The van der Waals surface area contributed by atoms with Crippen LogP contribution in [0.25, 0.3) is 10.9 Å². The molecule has 6 heteroatoms. The summed E-state index contributed by atoms with van der Waals surface area (Å²) in [6.45, 7) is 7.67. The van der Waals surface area contributed by atoms with Crippen molar-refractivity contribution in [2.75, 3.05) is 38.6 Å². The Morgan fingerprint density at radius 1 is 1.06 bits per heavy atom. The Bertz CT molecular complexity index is 1170. The van der Waals surface area contributed by atoms with Gasteiger partial charge in [-0.1, -0.05) is 51.1 Å². The van der Waals surface area contributed by atoms with Crippen molar-refractivity contribution in [3.05, 3.63) is 65.9 Å². The van der Waals surface area contributed by atoms with E-state index in [1.807, 2.05) is 45.8 Å². The molecule has 1 fully saturated rings. The molecule has 2 aromatic carbocycles. The minimum atomic E-state index is -0.385. The van der Waals surface area contributed by atoms with Gasteiger partial charge in [0, 0.05) is 73.8 Å². The Kier molecular flexibility index (Phi) is 7.20. The normalized spacial score (nSPS) is 15.7. The number of H-pyrrole nitrogens is 1. The maximum Gasteiger partial charge on any atom is 0.227 e. The van der Waals surface area contributed by atoms with Crippen molar-refractivity contribution < 1.29 is 9.59 Å². The van der Waals surface area contributed by atoms with Crippen LogP contribution in [0.4, 0.5) is 5.69 Å². The molecule has 1 aromatic heterocycles. The van der Waals surface area contributed by atoms with Crippen LogP contribution < -0.4 is 10.2 Å². The topological polar surface area (TPSA) is 68.4 Å². The summed E-state index contributed by atoms with van der Waals surface area (Å²) in [5, 5.41) is 4.43. The van der Waals surface area contributed by atoms with Gasteiger partial charge in [0.2, 0.25) is 11.8 Å². The van der Waals surface area contributed by atoms with Crippen LogP contribution in [0.15, 0.2) is 54.7 Å². The lowest BCUT2D eigenvalue weighted by Crippen LogP contribution is -2.47. The maximum atomic E-state index is 13.2. The van der Waals surface area contributed by atoms with Gasteiger partial charge in [-0.25, -0.2) is 0 Å². The average Bonchev–Trinajstić information content (AvgIpc) is 3.27. The summed E-state index contributed by atoms with van der Waals surface area (Å²) in [5.74, 6) is 0.229. The number of carbonyl (C=O) groups is 2. The van der Waals surface area contributed by atoms with Crippen LogP contribution in [0.3, 0.4) is 0 Å². The standard InChI is InChI=1S/C29H38N4O2/c1-29(2,3)28(35)33-16-14-21(15-17-33)27(34)31-18-24(20-10-12-22(13-11-20)32(4)5)25-19-30-26-9-7-6-8-23(25)26/h6-13,19,21,24,30H,14-18H2,1-5H3,(H,31,34)/t24-/m1/s1. The SMILES string of the molecule is CN(C)c1ccc([C@@H](CNC(=O)C2CCN(C(=O)C(C)(C)C)CC2)c2c[nH]c3ccccc23)cc1. The van der Waals surface area contributed by atoms with E-state index in [0.717, 1.165) is 11.2 Å². The number of aromatic nitrogens is 1. The largest absolute Gasteiger partial charge is 0.378 e. The molecule has 1 atom stereocenters. The number of rotatable bonds is 6. The molecule has 6 nitrogen and oxygen atoms in total. The van der Waals surface area contributed by atoms with E-state index in [2.05, 4.69) is 63.9 Å². The van der Waals surface area contributed by atoms with Gasteiger partial charge in [0.25, 0.3) is 0 Å². The molecule has 0 bridgehead atoms. The number of aromatic amines is 1. The predicted molar refractivity (Wildman–Crippen MR) is 143 cm³/mol. The number of amides is 2. The lowest BCUT2D eigenvalue weighted by molar-refractivity contribution is -0.142. The molecule has 1 saturated heterocycles. The fourth-order valence-corrected chi connectivity index (χ4v) is 4.96. The van der Waals surface area contributed by atoms with Gasteiger partial charge < -0.3 is 20.1 Å². The van der Waals surface area contributed by atoms with Gasteiger partial charge in [0.15, 0.2) is 0 Å². The van der Waals surface area contributed by atoms with E-state index < -0.39 is 0 Å². The van der Waals surface area contributed by atoms with E-state index in [1.165, 1.54) is 16.5 Å². The average molecular weight is 475 g/mol. The number of para-hydroxylation sites is 1. The lowest BCUT2D eigenvalue weighted by atomic mass is 9.89. The Balaban J connectivity index is 1.48. The minimum Gasteiger partial charge on any atom is -0.378 e. The number of hydrogen-bond donors (Lipinski definition) is 2. The molecule has 4 rings (SSSR count). The highest BCUT2D eigenvalue weighted by atomic mass is 16.2.